The van der Waals surface area contributed by atoms with Crippen LogP contribution in [0, 0.1) is 11.3 Å². The van der Waals surface area contributed by atoms with Crippen molar-refractivity contribution in [2.24, 2.45) is 7.05 Å². The smallest absolute Gasteiger partial charge is 0.108 e. The van der Waals surface area contributed by atoms with E-state index in [1.54, 1.807) is 37.4 Å². The maximum absolute atomic E-state index is 10.5. The van der Waals surface area contributed by atoms with Crippen molar-refractivity contribution in [2.75, 3.05) is 0 Å². The Kier molecular flexibility index (Phi) is 3.68. The Morgan fingerprint density at radius 1 is 1.37 bits per heavy atom. The summed E-state index contributed by atoms with van der Waals surface area (Å²) in [6.07, 6.45) is 4.94. The summed E-state index contributed by atoms with van der Waals surface area (Å²) in [5, 5.41) is 19.3. The molecule has 4 heteroatoms. The zero-order chi connectivity index (χ0) is 13.9. The average Bonchev–Trinajstić information content (AvgIpc) is 2.82. The van der Waals surface area contributed by atoms with Crippen molar-refractivity contribution in [3.05, 3.63) is 53.6 Å². The van der Waals surface area contributed by atoms with Crippen molar-refractivity contribution >= 4 is 0 Å². The lowest BCUT2D eigenvalue weighted by Crippen LogP contribution is -2.22. The van der Waals surface area contributed by atoms with Gasteiger partial charge in [0.2, 0.25) is 0 Å². The van der Waals surface area contributed by atoms with Gasteiger partial charge < -0.3 is 9.67 Å². The summed E-state index contributed by atoms with van der Waals surface area (Å²) in [6, 6.07) is 9.13. The molecule has 0 saturated heterocycles. The van der Waals surface area contributed by atoms with Gasteiger partial charge in [0.05, 0.1) is 17.2 Å². The third-order valence-electron chi connectivity index (χ3n) is 3.39. The van der Waals surface area contributed by atoms with E-state index in [-0.39, 0.29) is 0 Å². The molecule has 1 aromatic heterocycles. The van der Waals surface area contributed by atoms with Gasteiger partial charge in [0.15, 0.2) is 0 Å². The molecule has 1 unspecified atom stereocenters. The minimum absolute atomic E-state index is 0.587. The van der Waals surface area contributed by atoms with Crippen LogP contribution in [0.15, 0.2) is 36.7 Å². The summed E-state index contributed by atoms with van der Waals surface area (Å²) < 4.78 is 1.95. The van der Waals surface area contributed by atoms with Crippen LogP contribution in [-0.2, 0) is 19.1 Å². The average molecular weight is 255 g/mol. The first kappa shape index (κ1) is 13.3. The summed E-state index contributed by atoms with van der Waals surface area (Å²) in [5.41, 5.74) is 0.504. The number of nitriles is 1. The molecule has 0 fully saturated rings. The number of benzene rings is 1. The molecule has 19 heavy (non-hydrogen) atoms. The molecular formula is C15H17N3O. The van der Waals surface area contributed by atoms with E-state index in [1.165, 1.54) is 0 Å². The molecule has 0 aliphatic heterocycles. The Morgan fingerprint density at radius 3 is 2.58 bits per heavy atom. The monoisotopic (exact) mass is 255 g/mol. The predicted octanol–water partition coefficient (Wildman–Crippen LogP) is 2.13. The first-order valence-electron chi connectivity index (χ1n) is 6.22. The van der Waals surface area contributed by atoms with Crippen LogP contribution in [0.5, 0.6) is 0 Å². The molecule has 0 spiro atoms. The van der Waals surface area contributed by atoms with Crippen LogP contribution < -0.4 is 0 Å². The van der Waals surface area contributed by atoms with Gasteiger partial charge in [-0.3, -0.25) is 0 Å². The van der Waals surface area contributed by atoms with Gasteiger partial charge in [0.1, 0.15) is 5.82 Å². The minimum Gasteiger partial charge on any atom is -0.385 e. The number of nitrogens with zero attached hydrogens (tertiary/aromatic N) is 3. The topological polar surface area (TPSA) is 61.8 Å². The molecule has 0 saturated carbocycles. The lowest BCUT2D eigenvalue weighted by atomic mass is 9.90. The second-order valence-electron chi connectivity index (χ2n) is 4.92. The molecule has 2 rings (SSSR count). The number of aryl methyl sites for hydroxylation is 2. The summed E-state index contributed by atoms with van der Waals surface area (Å²) >= 11 is 0. The standard InChI is InChI=1S/C15H17N3O/c1-15(19,8-7-14-17-9-10-18(14)2)13-5-3-12(11-16)4-6-13/h3-6,9-10,19H,7-8H2,1-2H3. The van der Waals surface area contributed by atoms with Gasteiger partial charge in [-0.15, -0.1) is 0 Å². The van der Waals surface area contributed by atoms with Crippen molar-refractivity contribution in [3.8, 4) is 6.07 Å². The zero-order valence-corrected chi connectivity index (χ0v) is 11.2. The normalized spacial score (nSPS) is 13.8. The van der Waals surface area contributed by atoms with E-state index in [0.29, 0.717) is 18.4 Å². The van der Waals surface area contributed by atoms with Gasteiger partial charge >= 0.3 is 0 Å². The van der Waals surface area contributed by atoms with Gasteiger partial charge in [-0.2, -0.15) is 5.26 Å². The van der Waals surface area contributed by atoms with Gasteiger partial charge in [0, 0.05) is 25.9 Å². The number of hydrogen-bond acceptors (Lipinski definition) is 3. The van der Waals surface area contributed by atoms with Crippen molar-refractivity contribution in [3.63, 3.8) is 0 Å². The Labute approximate surface area is 113 Å². The third-order valence-corrected chi connectivity index (χ3v) is 3.39. The molecule has 1 aromatic carbocycles. The van der Waals surface area contributed by atoms with E-state index in [2.05, 4.69) is 11.1 Å². The third kappa shape index (κ3) is 3.01. The highest BCUT2D eigenvalue weighted by atomic mass is 16.3. The van der Waals surface area contributed by atoms with Crippen LogP contribution in [0.4, 0.5) is 0 Å². The van der Waals surface area contributed by atoms with Crippen LogP contribution in [-0.4, -0.2) is 14.7 Å². The highest BCUT2D eigenvalue weighted by molar-refractivity contribution is 5.33. The largest absolute Gasteiger partial charge is 0.385 e. The van der Waals surface area contributed by atoms with Crippen molar-refractivity contribution in [1.82, 2.24) is 9.55 Å². The Balaban J connectivity index is 2.09. The molecule has 1 atom stereocenters. The molecule has 0 amide bonds. The molecular weight excluding hydrogens is 238 g/mol. The van der Waals surface area contributed by atoms with E-state index in [0.717, 1.165) is 11.4 Å². The molecule has 0 aliphatic carbocycles. The van der Waals surface area contributed by atoms with Gasteiger partial charge in [-0.05, 0) is 31.0 Å². The number of aliphatic hydroxyl groups is 1. The van der Waals surface area contributed by atoms with Crippen LogP contribution in [0.25, 0.3) is 0 Å². The quantitative estimate of drug-likeness (QED) is 0.910. The molecule has 0 radical (unpaired) electrons. The maximum Gasteiger partial charge on any atom is 0.108 e. The molecule has 4 nitrogen and oxygen atoms in total. The maximum atomic E-state index is 10.5. The lowest BCUT2D eigenvalue weighted by Gasteiger charge is -2.23. The number of aromatic nitrogens is 2. The molecule has 1 heterocycles. The Hall–Kier alpha value is -2.12. The Bertz CT molecular complexity index is 591. The summed E-state index contributed by atoms with van der Waals surface area (Å²) in [4.78, 5) is 4.25. The van der Waals surface area contributed by atoms with Crippen molar-refractivity contribution < 1.29 is 5.11 Å². The van der Waals surface area contributed by atoms with Crippen LogP contribution in [0.1, 0.15) is 30.3 Å². The second-order valence-corrected chi connectivity index (χ2v) is 4.92. The number of imidazole rings is 1. The SMILES string of the molecule is Cn1ccnc1CCC(C)(O)c1ccc(C#N)cc1. The number of rotatable bonds is 4. The van der Waals surface area contributed by atoms with E-state index in [1.807, 2.05) is 17.8 Å². The highest BCUT2D eigenvalue weighted by Crippen LogP contribution is 2.26. The van der Waals surface area contributed by atoms with Crippen LogP contribution >= 0.6 is 0 Å². The van der Waals surface area contributed by atoms with Crippen LogP contribution in [0.2, 0.25) is 0 Å². The van der Waals surface area contributed by atoms with Crippen molar-refractivity contribution in [2.45, 2.75) is 25.4 Å². The fraction of sp³-hybridized carbons (Fsp3) is 0.333. The number of hydrogen-bond donors (Lipinski definition) is 1. The summed E-state index contributed by atoms with van der Waals surface area (Å²) in [6.45, 7) is 1.79. The molecule has 2 aromatic rings. The predicted molar refractivity (Wildman–Crippen MR) is 72.3 cm³/mol. The van der Waals surface area contributed by atoms with E-state index in [4.69, 9.17) is 5.26 Å². The summed E-state index contributed by atoms with van der Waals surface area (Å²) in [7, 11) is 1.94. The zero-order valence-electron chi connectivity index (χ0n) is 11.2. The van der Waals surface area contributed by atoms with Gasteiger partial charge in [-0.25, -0.2) is 4.98 Å². The molecule has 0 aliphatic rings. The van der Waals surface area contributed by atoms with Crippen LogP contribution in [0.3, 0.4) is 0 Å². The second kappa shape index (κ2) is 5.25. The first-order valence-corrected chi connectivity index (χ1v) is 6.22. The van der Waals surface area contributed by atoms with E-state index < -0.39 is 5.60 Å². The fourth-order valence-corrected chi connectivity index (χ4v) is 2.04. The Morgan fingerprint density at radius 2 is 2.05 bits per heavy atom. The molecule has 1 N–H and O–H groups in total. The van der Waals surface area contributed by atoms with Gasteiger partial charge in [-0.1, -0.05) is 12.1 Å². The van der Waals surface area contributed by atoms with Crippen molar-refractivity contribution in [1.29, 1.82) is 5.26 Å². The molecule has 0 bridgehead atoms. The molecule has 98 valence electrons. The fourth-order valence-electron chi connectivity index (χ4n) is 2.04. The van der Waals surface area contributed by atoms with E-state index >= 15 is 0 Å². The van der Waals surface area contributed by atoms with Gasteiger partial charge in [0.25, 0.3) is 0 Å². The summed E-state index contributed by atoms with van der Waals surface area (Å²) in [5.74, 6) is 0.953. The van der Waals surface area contributed by atoms with E-state index in [9.17, 15) is 5.11 Å². The lowest BCUT2D eigenvalue weighted by molar-refractivity contribution is 0.0473. The first-order chi connectivity index (χ1) is 9.03. The minimum atomic E-state index is -0.917. The highest BCUT2D eigenvalue weighted by Gasteiger charge is 2.23.